The van der Waals surface area contributed by atoms with Gasteiger partial charge in [0.15, 0.2) is 0 Å². The molecule has 2 saturated heterocycles. The number of sulfonamides is 1. The fraction of sp³-hybridized carbons (Fsp3) is 0.688. The van der Waals surface area contributed by atoms with Gasteiger partial charge in [0.1, 0.15) is 12.1 Å². The standard InChI is InChI=1S/C16H22N6O3S/c1-10-4-15(22-16(20-10)17-9-18-22)21-6-13-11(8-25-14(13)7-21)5-19-26(23,24)12-2-3-12/h4,9,11-14,19H,2-3,5-8H2,1H3/t11-,13-,14-/m0/s1. The Hall–Kier alpha value is -1.78. The third kappa shape index (κ3) is 2.76. The van der Waals surface area contributed by atoms with Gasteiger partial charge in [0.25, 0.3) is 5.78 Å². The zero-order valence-electron chi connectivity index (χ0n) is 14.6. The minimum atomic E-state index is -3.15. The van der Waals surface area contributed by atoms with E-state index >= 15 is 0 Å². The monoisotopic (exact) mass is 378 g/mol. The molecule has 0 spiro atoms. The van der Waals surface area contributed by atoms with Crippen molar-refractivity contribution in [3.05, 3.63) is 18.1 Å². The van der Waals surface area contributed by atoms with Crippen LogP contribution in [-0.4, -0.2) is 65.6 Å². The van der Waals surface area contributed by atoms with Crippen molar-refractivity contribution < 1.29 is 13.2 Å². The third-order valence-electron chi connectivity index (χ3n) is 5.63. The molecule has 3 aliphatic rings. The highest BCUT2D eigenvalue weighted by atomic mass is 32.2. The molecule has 10 heteroatoms. The van der Waals surface area contributed by atoms with Crippen LogP contribution in [0.3, 0.4) is 0 Å². The average Bonchev–Trinajstić information content (AvgIpc) is 3.06. The van der Waals surface area contributed by atoms with Crippen LogP contribution >= 0.6 is 0 Å². The second-order valence-electron chi connectivity index (χ2n) is 7.52. The predicted octanol–water partition coefficient (Wildman–Crippen LogP) is -0.0343. The second kappa shape index (κ2) is 5.86. The molecule has 26 heavy (non-hydrogen) atoms. The minimum absolute atomic E-state index is 0.123. The molecule has 0 amide bonds. The van der Waals surface area contributed by atoms with Gasteiger partial charge in [-0.1, -0.05) is 0 Å². The Bertz CT molecular complexity index is 941. The van der Waals surface area contributed by atoms with Crippen LogP contribution in [0.2, 0.25) is 0 Å². The molecule has 2 aliphatic heterocycles. The molecule has 9 nitrogen and oxygen atoms in total. The lowest BCUT2D eigenvalue weighted by Gasteiger charge is -2.22. The molecule has 2 aromatic heterocycles. The van der Waals surface area contributed by atoms with Gasteiger partial charge in [-0.2, -0.15) is 14.6 Å². The summed E-state index contributed by atoms with van der Waals surface area (Å²) in [6.45, 7) is 4.61. The lowest BCUT2D eigenvalue weighted by Crippen LogP contribution is -2.36. The van der Waals surface area contributed by atoms with Crippen molar-refractivity contribution >= 4 is 21.6 Å². The van der Waals surface area contributed by atoms with Crippen LogP contribution in [0.1, 0.15) is 18.5 Å². The van der Waals surface area contributed by atoms with Crippen LogP contribution in [0.15, 0.2) is 12.4 Å². The van der Waals surface area contributed by atoms with Crippen molar-refractivity contribution in [3.63, 3.8) is 0 Å². The summed E-state index contributed by atoms with van der Waals surface area (Å²) in [5, 5.41) is 4.10. The zero-order valence-corrected chi connectivity index (χ0v) is 15.4. The second-order valence-corrected chi connectivity index (χ2v) is 9.57. The highest BCUT2D eigenvalue weighted by Crippen LogP contribution is 2.36. The molecule has 1 N–H and O–H groups in total. The summed E-state index contributed by atoms with van der Waals surface area (Å²) in [7, 11) is -3.15. The molecule has 1 aliphatic carbocycles. The van der Waals surface area contributed by atoms with Crippen molar-refractivity contribution in [3.8, 4) is 0 Å². The van der Waals surface area contributed by atoms with E-state index in [9.17, 15) is 8.42 Å². The summed E-state index contributed by atoms with van der Waals surface area (Å²) in [6, 6.07) is 2.01. The first-order chi connectivity index (χ1) is 12.5. The van der Waals surface area contributed by atoms with Gasteiger partial charge in [-0.15, -0.1) is 0 Å². The van der Waals surface area contributed by atoms with Gasteiger partial charge in [0, 0.05) is 43.2 Å². The Labute approximate surface area is 151 Å². The molecule has 5 rings (SSSR count). The van der Waals surface area contributed by atoms with E-state index in [4.69, 9.17) is 4.74 Å². The maximum Gasteiger partial charge on any atom is 0.254 e. The molecule has 140 valence electrons. The van der Waals surface area contributed by atoms with E-state index in [2.05, 4.69) is 24.7 Å². The van der Waals surface area contributed by atoms with E-state index in [0.717, 1.165) is 37.4 Å². The van der Waals surface area contributed by atoms with Gasteiger partial charge < -0.3 is 9.64 Å². The van der Waals surface area contributed by atoms with Gasteiger partial charge in [-0.25, -0.2) is 18.1 Å². The van der Waals surface area contributed by atoms with Crippen molar-refractivity contribution in [1.82, 2.24) is 24.3 Å². The summed E-state index contributed by atoms with van der Waals surface area (Å²) in [5.41, 5.74) is 0.896. The molecule has 0 radical (unpaired) electrons. The Balaban J connectivity index is 1.32. The fourth-order valence-corrected chi connectivity index (χ4v) is 5.49. The quantitative estimate of drug-likeness (QED) is 0.779. The van der Waals surface area contributed by atoms with Crippen LogP contribution in [0, 0.1) is 18.8 Å². The normalized spacial score (nSPS) is 28.8. The van der Waals surface area contributed by atoms with Gasteiger partial charge in [-0.05, 0) is 19.8 Å². The highest BCUT2D eigenvalue weighted by Gasteiger charge is 2.45. The summed E-state index contributed by atoms with van der Waals surface area (Å²) < 4.78 is 34.7. The number of nitrogens with zero attached hydrogens (tertiary/aromatic N) is 5. The molecule has 3 atom stereocenters. The van der Waals surface area contributed by atoms with Crippen LogP contribution in [0.4, 0.5) is 5.82 Å². The van der Waals surface area contributed by atoms with Crippen molar-refractivity contribution in [1.29, 1.82) is 0 Å². The first kappa shape index (κ1) is 16.4. The lowest BCUT2D eigenvalue weighted by atomic mass is 9.93. The maximum absolute atomic E-state index is 12.1. The first-order valence-corrected chi connectivity index (χ1v) is 10.6. The summed E-state index contributed by atoms with van der Waals surface area (Å²) in [4.78, 5) is 10.8. The van der Waals surface area contributed by atoms with Crippen molar-refractivity contribution in [2.75, 3.05) is 31.1 Å². The summed E-state index contributed by atoms with van der Waals surface area (Å²) >= 11 is 0. The van der Waals surface area contributed by atoms with Crippen LogP contribution in [-0.2, 0) is 14.8 Å². The van der Waals surface area contributed by atoms with E-state index in [1.807, 2.05) is 13.0 Å². The van der Waals surface area contributed by atoms with Crippen molar-refractivity contribution in [2.45, 2.75) is 31.1 Å². The number of hydrogen-bond acceptors (Lipinski definition) is 7. The number of nitrogens with one attached hydrogen (secondary N) is 1. The Morgan fingerprint density at radius 1 is 1.35 bits per heavy atom. The molecule has 0 bridgehead atoms. The van der Waals surface area contributed by atoms with Crippen LogP contribution in [0.5, 0.6) is 0 Å². The van der Waals surface area contributed by atoms with Gasteiger partial charge in [0.05, 0.1) is 18.0 Å². The number of anilines is 1. The largest absolute Gasteiger partial charge is 0.376 e. The van der Waals surface area contributed by atoms with E-state index < -0.39 is 10.0 Å². The Kier molecular flexibility index (Phi) is 3.70. The van der Waals surface area contributed by atoms with Crippen LogP contribution in [0.25, 0.3) is 5.78 Å². The SMILES string of the molecule is Cc1cc(N2C[C@H]3[C@@H](CNS(=O)(=O)C4CC4)CO[C@H]3C2)n2ncnc2n1. The van der Waals surface area contributed by atoms with Crippen LogP contribution < -0.4 is 9.62 Å². The topological polar surface area (TPSA) is 102 Å². The fourth-order valence-electron chi connectivity index (χ4n) is 4.05. The van der Waals surface area contributed by atoms with E-state index in [1.54, 1.807) is 4.52 Å². The molecule has 1 saturated carbocycles. The number of hydrogen-bond donors (Lipinski definition) is 1. The number of rotatable bonds is 5. The molecular formula is C16H22N6O3S. The van der Waals surface area contributed by atoms with Crippen molar-refractivity contribution in [2.24, 2.45) is 11.8 Å². The number of aromatic nitrogens is 4. The van der Waals surface area contributed by atoms with E-state index in [-0.39, 0.29) is 17.3 Å². The average molecular weight is 378 g/mol. The molecule has 3 fully saturated rings. The summed E-state index contributed by atoms with van der Waals surface area (Å²) in [6.07, 6.45) is 3.20. The molecular weight excluding hydrogens is 356 g/mol. The first-order valence-electron chi connectivity index (χ1n) is 9.04. The smallest absolute Gasteiger partial charge is 0.254 e. The lowest BCUT2D eigenvalue weighted by molar-refractivity contribution is 0.111. The van der Waals surface area contributed by atoms with Gasteiger partial charge in [0.2, 0.25) is 10.0 Å². The third-order valence-corrected chi connectivity index (χ3v) is 7.55. The summed E-state index contributed by atoms with van der Waals surface area (Å²) in [5.74, 6) is 2.06. The Morgan fingerprint density at radius 3 is 3.00 bits per heavy atom. The molecule has 0 aromatic carbocycles. The molecule has 0 unspecified atom stereocenters. The number of aryl methyl sites for hydroxylation is 1. The molecule has 4 heterocycles. The minimum Gasteiger partial charge on any atom is -0.376 e. The number of fused-ring (bicyclic) bond motifs is 2. The van der Waals surface area contributed by atoms with Gasteiger partial charge >= 0.3 is 0 Å². The maximum atomic E-state index is 12.1. The number of ether oxygens (including phenoxy) is 1. The Morgan fingerprint density at radius 2 is 2.19 bits per heavy atom. The highest BCUT2D eigenvalue weighted by molar-refractivity contribution is 7.90. The zero-order chi connectivity index (χ0) is 17.9. The van der Waals surface area contributed by atoms with E-state index in [1.165, 1.54) is 6.33 Å². The molecule has 2 aromatic rings. The van der Waals surface area contributed by atoms with Gasteiger partial charge in [-0.3, -0.25) is 0 Å². The predicted molar refractivity (Wildman–Crippen MR) is 94.4 cm³/mol. The van der Waals surface area contributed by atoms with E-state index in [0.29, 0.717) is 24.8 Å².